The molecule has 0 unspecified atom stereocenters. The van der Waals surface area contributed by atoms with Crippen LogP contribution in [0.3, 0.4) is 0 Å². The van der Waals surface area contributed by atoms with Gasteiger partial charge in [-0.1, -0.05) is 41.4 Å². The molecule has 0 saturated carbocycles. The van der Waals surface area contributed by atoms with Crippen LogP contribution >= 0.6 is 23.2 Å². The van der Waals surface area contributed by atoms with E-state index in [1.165, 1.54) is 97.2 Å². The van der Waals surface area contributed by atoms with E-state index in [4.69, 9.17) is 32.7 Å². The molecule has 5 aromatic carbocycles. The Balaban J connectivity index is 1.30. The molecule has 13 heteroatoms. The molecule has 0 aliphatic carbocycles. The number of halogens is 2. The van der Waals surface area contributed by atoms with Gasteiger partial charge in [0.1, 0.15) is 11.5 Å². The third-order valence-electron chi connectivity index (χ3n) is 6.38. The van der Waals surface area contributed by atoms with Crippen molar-refractivity contribution in [3.8, 4) is 11.5 Å². The van der Waals surface area contributed by atoms with E-state index in [-0.39, 0.29) is 44.3 Å². The molecule has 5 aromatic rings. The van der Waals surface area contributed by atoms with Gasteiger partial charge in [0.15, 0.2) is 0 Å². The van der Waals surface area contributed by atoms with Gasteiger partial charge in [0.25, 0.3) is 15.9 Å². The second kappa shape index (κ2) is 14.7. The number of anilines is 1. The molecular formula is C34H23Cl2N3O7S. The van der Waals surface area contributed by atoms with Gasteiger partial charge < -0.3 is 9.47 Å². The Morgan fingerprint density at radius 3 is 1.81 bits per heavy atom. The fraction of sp³-hybridized carbons (Fsp3) is 0. The van der Waals surface area contributed by atoms with Crippen molar-refractivity contribution >= 4 is 63.0 Å². The number of hydrogen-bond donors (Lipinski definition) is 2. The van der Waals surface area contributed by atoms with E-state index in [1.807, 2.05) is 0 Å². The number of sulfonamides is 1. The summed E-state index contributed by atoms with van der Waals surface area (Å²) in [5.74, 6) is -1.91. The fourth-order valence-electron chi connectivity index (χ4n) is 4.00. The van der Waals surface area contributed by atoms with Gasteiger partial charge in [-0.25, -0.2) is 23.4 Å². The van der Waals surface area contributed by atoms with Gasteiger partial charge in [-0.3, -0.25) is 9.52 Å². The quantitative estimate of drug-likeness (QED) is 0.0697. The molecule has 1 amide bonds. The molecule has 0 aliphatic heterocycles. The van der Waals surface area contributed by atoms with E-state index >= 15 is 0 Å². The van der Waals surface area contributed by atoms with E-state index in [9.17, 15) is 22.8 Å². The molecule has 47 heavy (non-hydrogen) atoms. The third-order valence-corrected chi connectivity index (χ3v) is 8.28. The van der Waals surface area contributed by atoms with Gasteiger partial charge in [0.05, 0.1) is 22.2 Å². The number of hydrogen-bond acceptors (Lipinski definition) is 8. The first kappa shape index (κ1) is 32.9. The molecule has 0 atom stereocenters. The Morgan fingerprint density at radius 1 is 0.660 bits per heavy atom. The largest absolute Gasteiger partial charge is 0.423 e. The van der Waals surface area contributed by atoms with Gasteiger partial charge in [-0.15, -0.1) is 0 Å². The Morgan fingerprint density at radius 2 is 1.21 bits per heavy atom. The molecule has 0 spiro atoms. The predicted molar refractivity (Wildman–Crippen MR) is 178 cm³/mol. The Kier molecular flexibility index (Phi) is 10.3. The number of carbonyl (C=O) groups excluding carboxylic acids is 3. The summed E-state index contributed by atoms with van der Waals surface area (Å²) < 4.78 is 38.6. The lowest BCUT2D eigenvalue weighted by atomic mass is 10.2. The maximum Gasteiger partial charge on any atom is 0.343 e. The summed E-state index contributed by atoms with van der Waals surface area (Å²) in [4.78, 5) is 38.4. The first-order valence-electron chi connectivity index (χ1n) is 13.7. The first-order valence-corrected chi connectivity index (χ1v) is 15.9. The van der Waals surface area contributed by atoms with E-state index in [0.29, 0.717) is 10.0 Å². The van der Waals surface area contributed by atoms with Gasteiger partial charge in [-0.05, 0) is 97.1 Å². The van der Waals surface area contributed by atoms with Crippen LogP contribution in [0.4, 0.5) is 5.69 Å². The third kappa shape index (κ3) is 8.82. The zero-order chi connectivity index (χ0) is 33.4. The summed E-state index contributed by atoms with van der Waals surface area (Å²) in [6, 6.07) is 30.0. The molecule has 10 nitrogen and oxygen atoms in total. The van der Waals surface area contributed by atoms with Crippen molar-refractivity contribution in [3.63, 3.8) is 0 Å². The highest BCUT2D eigenvalue weighted by Crippen LogP contribution is 2.26. The zero-order valence-corrected chi connectivity index (χ0v) is 26.4. The second-order valence-electron chi connectivity index (χ2n) is 9.69. The molecule has 0 saturated heterocycles. The van der Waals surface area contributed by atoms with E-state index in [1.54, 1.807) is 30.3 Å². The number of carbonyl (C=O) groups is 3. The number of hydrazone groups is 1. The van der Waals surface area contributed by atoms with Crippen LogP contribution in [-0.4, -0.2) is 32.5 Å². The van der Waals surface area contributed by atoms with Crippen molar-refractivity contribution in [2.24, 2.45) is 5.10 Å². The minimum atomic E-state index is -3.80. The van der Waals surface area contributed by atoms with Crippen LogP contribution in [0.2, 0.25) is 10.0 Å². The Bertz CT molecular complexity index is 2050. The second-order valence-corrected chi connectivity index (χ2v) is 12.2. The molecule has 0 aromatic heterocycles. The lowest BCUT2D eigenvalue weighted by Crippen LogP contribution is -2.18. The smallest absolute Gasteiger partial charge is 0.343 e. The summed E-state index contributed by atoms with van der Waals surface area (Å²) in [6.07, 6.45) is 1.25. The minimum absolute atomic E-state index is 0.0144. The summed E-state index contributed by atoms with van der Waals surface area (Å²) in [6.45, 7) is 0. The van der Waals surface area contributed by atoms with Crippen LogP contribution in [0.5, 0.6) is 11.5 Å². The van der Waals surface area contributed by atoms with Gasteiger partial charge >= 0.3 is 11.9 Å². The van der Waals surface area contributed by atoms with Crippen LogP contribution in [-0.2, 0) is 10.0 Å². The van der Waals surface area contributed by atoms with Gasteiger partial charge in [0, 0.05) is 32.9 Å². The number of nitrogens with zero attached hydrogens (tertiary/aromatic N) is 1. The lowest BCUT2D eigenvalue weighted by Gasteiger charge is -2.11. The topological polar surface area (TPSA) is 140 Å². The van der Waals surface area contributed by atoms with Crippen LogP contribution in [0, 0.1) is 0 Å². The average molecular weight is 689 g/mol. The van der Waals surface area contributed by atoms with Crippen LogP contribution in [0.15, 0.2) is 131 Å². The Labute approximate surface area is 279 Å². The molecule has 0 aliphatic rings. The highest BCUT2D eigenvalue weighted by molar-refractivity contribution is 7.92. The van der Waals surface area contributed by atoms with Gasteiger partial charge in [-0.2, -0.15) is 5.10 Å². The maximum absolute atomic E-state index is 12.9. The van der Waals surface area contributed by atoms with E-state index in [2.05, 4.69) is 15.2 Å². The summed E-state index contributed by atoms with van der Waals surface area (Å²) in [7, 11) is -3.80. The van der Waals surface area contributed by atoms with Crippen molar-refractivity contribution < 1.29 is 32.3 Å². The number of ether oxygens (including phenoxy) is 2. The monoisotopic (exact) mass is 687 g/mol. The van der Waals surface area contributed by atoms with Crippen LogP contribution < -0.4 is 19.6 Å². The maximum atomic E-state index is 12.9. The van der Waals surface area contributed by atoms with Crippen LogP contribution in [0.25, 0.3) is 0 Å². The van der Waals surface area contributed by atoms with E-state index < -0.39 is 27.9 Å². The number of benzene rings is 5. The molecule has 236 valence electrons. The van der Waals surface area contributed by atoms with Crippen molar-refractivity contribution in [1.29, 1.82) is 0 Å². The Hall–Kier alpha value is -5.49. The SMILES string of the molecule is O=C(N/N=C\c1ccc(OC(=O)c2ccc(Cl)cc2)cc1OC(=O)c1ccc(Cl)cc1)c1ccc(NS(=O)(=O)c2ccccc2)cc1. The molecule has 0 radical (unpaired) electrons. The molecule has 5 rings (SSSR count). The average Bonchev–Trinajstić information content (AvgIpc) is 3.07. The highest BCUT2D eigenvalue weighted by Gasteiger charge is 2.16. The molecular weight excluding hydrogens is 665 g/mol. The van der Waals surface area contributed by atoms with Crippen LogP contribution in [0.1, 0.15) is 36.6 Å². The van der Waals surface area contributed by atoms with Crippen molar-refractivity contribution in [3.05, 3.63) is 154 Å². The fourth-order valence-corrected chi connectivity index (χ4v) is 5.33. The highest BCUT2D eigenvalue weighted by atomic mass is 35.5. The molecule has 2 N–H and O–H groups in total. The molecule has 0 bridgehead atoms. The number of amides is 1. The predicted octanol–water partition coefficient (Wildman–Crippen LogP) is 7.00. The number of esters is 2. The normalized spacial score (nSPS) is 11.1. The van der Waals surface area contributed by atoms with Crippen molar-refractivity contribution in [2.45, 2.75) is 4.90 Å². The number of rotatable bonds is 10. The standard InChI is InChI=1S/C34H23Cl2N3O7S/c35-26-13-6-23(7-14-26)33(41)45-29-19-12-25(31(20-29)46-34(42)24-8-15-27(36)16-9-24)21-37-38-32(40)22-10-17-28(18-11-22)39-47(43,44)30-4-2-1-3-5-30/h1-21,39H,(H,38,40)/b37-21-. The summed E-state index contributed by atoms with van der Waals surface area (Å²) in [5, 5.41) is 4.86. The minimum Gasteiger partial charge on any atom is -0.423 e. The molecule has 0 heterocycles. The lowest BCUT2D eigenvalue weighted by molar-refractivity contribution is 0.0731. The van der Waals surface area contributed by atoms with Gasteiger partial charge in [0.2, 0.25) is 0 Å². The molecule has 0 fully saturated rings. The van der Waals surface area contributed by atoms with Crippen molar-refractivity contribution in [2.75, 3.05) is 4.72 Å². The first-order chi connectivity index (χ1) is 22.6. The summed E-state index contributed by atoms with van der Waals surface area (Å²) in [5.41, 5.74) is 3.57. The summed E-state index contributed by atoms with van der Waals surface area (Å²) >= 11 is 11.8. The van der Waals surface area contributed by atoms with E-state index in [0.717, 1.165) is 0 Å². The zero-order valence-electron chi connectivity index (χ0n) is 24.1. The van der Waals surface area contributed by atoms with Crippen molar-refractivity contribution in [1.82, 2.24) is 5.43 Å². The number of nitrogens with one attached hydrogen (secondary N) is 2.